The second kappa shape index (κ2) is 7.21. The fourth-order valence-corrected chi connectivity index (χ4v) is 4.33. The molecule has 0 unspecified atom stereocenters. The highest BCUT2D eigenvalue weighted by Gasteiger charge is 2.19. The van der Waals surface area contributed by atoms with Gasteiger partial charge in [0.1, 0.15) is 22.2 Å². The van der Waals surface area contributed by atoms with Crippen molar-refractivity contribution >= 4 is 21.6 Å². The number of aryl methyl sites for hydroxylation is 2. The monoisotopic (exact) mass is 369 g/mol. The molecule has 0 amide bonds. The molecule has 0 aliphatic carbocycles. The van der Waals surface area contributed by atoms with E-state index in [-0.39, 0.29) is 0 Å². The number of likely N-dealkylation sites (tertiary alicyclic amines) is 1. The fraction of sp³-hybridized carbons (Fsp3) is 0.400. The molecule has 0 spiro atoms. The van der Waals surface area contributed by atoms with E-state index in [0.717, 1.165) is 47.2 Å². The summed E-state index contributed by atoms with van der Waals surface area (Å²) in [6, 6.07) is 7.60. The Morgan fingerprint density at radius 2 is 1.73 bits per heavy atom. The van der Waals surface area contributed by atoms with E-state index in [1.54, 1.807) is 18.4 Å². The van der Waals surface area contributed by atoms with Gasteiger partial charge in [0, 0.05) is 4.88 Å². The second-order valence-electron chi connectivity index (χ2n) is 6.67. The number of hydrogen-bond acceptors (Lipinski definition) is 6. The summed E-state index contributed by atoms with van der Waals surface area (Å²) in [5.41, 5.74) is 1.20. The van der Waals surface area contributed by atoms with Crippen molar-refractivity contribution in [3.05, 3.63) is 40.5 Å². The Labute approximate surface area is 157 Å². The first kappa shape index (κ1) is 17.2. The lowest BCUT2D eigenvalue weighted by atomic mass is 10.2. The third kappa shape index (κ3) is 3.39. The first-order valence-corrected chi connectivity index (χ1v) is 9.76. The molecule has 1 aliphatic rings. The topological polar surface area (TPSA) is 47.5 Å². The highest BCUT2D eigenvalue weighted by Crippen LogP contribution is 2.37. The zero-order chi connectivity index (χ0) is 18.1. The number of benzene rings is 1. The van der Waals surface area contributed by atoms with Crippen LogP contribution in [0.2, 0.25) is 0 Å². The second-order valence-corrected chi connectivity index (χ2v) is 7.87. The van der Waals surface area contributed by atoms with E-state index >= 15 is 0 Å². The molecule has 5 nitrogen and oxygen atoms in total. The first-order valence-electron chi connectivity index (χ1n) is 8.95. The van der Waals surface area contributed by atoms with E-state index in [1.807, 2.05) is 24.3 Å². The minimum atomic E-state index is 0.649. The van der Waals surface area contributed by atoms with Crippen LogP contribution in [0.4, 0.5) is 0 Å². The van der Waals surface area contributed by atoms with Crippen molar-refractivity contribution in [2.75, 3.05) is 20.2 Å². The number of thiophene rings is 1. The molecule has 3 heterocycles. The molecular weight excluding hydrogens is 346 g/mol. The lowest BCUT2D eigenvalue weighted by Gasteiger charge is -2.14. The van der Waals surface area contributed by atoms with E-state index in [1.165, 1.54) is 23.3 Å². The standard InChI is InChI=1S/C20H23N3O2S/c1-13-14(2)26-20-18(13)19(25-16-8-6-15(24-3)7-9-16)21-17(22-20)12-23-10-4-5-11-23/h6-9H,4-5,10-12H2,1-3H3. The van der Waals surface area contributed by atoms with Crippen molar-refractivity contribution in [1.29, 1.82) is 0 Å². The number of aromatic nitrogens is 2. The summed E-state index contributed by atoms with van der Waals surface area (Å²) < 4.78 is 11.4. The Kier molecular flexibility index (Phi) is 4.78. The quantitative estimate of drug-likeness (QED) is 0.652. The Morgan fingerprint density at radius 3 is 2.42 bits per heavy atom. The Hall–Kier alpha value is -2.18. The zero-order valence-corrected chi connectivity index (χ0v) is 16.2. The van der Waals surface area contributed by atoms with Crippen molar-refractivity contribution in [3.63, 3.8) is 0 Å². The first-order chi connectivity index (χ1) is 12.6. The SMILES string of the molecule is COc1ccc(Oc2nc(CN3CCCC3)nc3sc(C)c(C)c23)cc1. The largest absolute Gasteiger partial charge is 0.497 e. The van der Waals surface area contributed by atoms with Gasteiger partial charge >= 0.3 is 0 Å². The van der Waals surface area contributed by atoms with Crippen LogP contribution in [0.25, 0.3) is 10.2 Å². The summed E-state index contributed by atoms with van der Waals surface area (Å²) >= 11 is 1.71. The molecule has 0 saturated carbocycles. The summed E-state index contributed by atoms with van der Waals surface area (Å²) in [6.45, 7) is 7.26. The molecule has 6 heteroatoms. The minimum absolute atomic E-state index is 0.649. The van der Waals surface area contributed by atoms with Crippen LogP contribution in [0.15, 0.2) is 24.3 Å². The van der Waals surface area contributed by atoms with E-state index < -0.39 is 0 Å². The summed E-state index contributed by atoms with van der Waals surface area (Å²) in [5.74, 6) is 3.05. The molecule has 3 aromatic rings. The van der Waals surface area contributed by atoms with Crippen LogP contribution in [0.1, 0.15) is 29.1 Å². The zero-order valence-electron chi connectivity index (χ0n) is 15.4. The molecule has 1 saturated heterocycles. The van der Waals surface area contributed by atoms with Gasteiger partial charge in [0.25, 0.3) is 0 Å². The molecule has 2 aromatic heterocycles. The lowest BCUT2D eigenvalue weighted by Crippen LogP contribution is -2.20. The van der Waals surface area contributed by atoms with E-state index in [4.69, 9.17) is 19.4 Å². The van der Waals surface area contributed by atoms with E-state index in [9.17, 15) is 0 Å². The van der Waals surface area contributed by atoms with E-state index in [2.05, 4.69) is 18.7 Å². The average Bonchev–Trinajstić information content (AvgIpc) is 3.24. The van der Waals surface area contributed by atoms with Gasteiger partial charge in [-0.1, -0.05) is 0 Å². The number of ether oxygens (including phenoxy) is 2. The molecule has 4 rings (SSSR count). The Bertz CT molecular complexity index is 915. The van der Waals surface area contributed by atoms with Gasteiger partial charge in [-0.05, 0) is 69.6 Å². The van der Waals surface area contributed by atoms with Crippen LogP contribution in [-0.2, 0) is 6.54 Å². The van der Waals surface area contributed by atoms with Gasteiger partial charge in [0.2, 0.25) is 5.88 Å². The van der Waals surface area contributed by atoms with Crippen LogP contribution < -0.4 is 9.47 Å². The van der Waals surface area contributed by atoms with Gasteiger partial charge in [-0.3, -0.25) is 4.90 Å². The van der Waals surface area contributed by atoms with Gasteiger partial charge in [-0.25, -0.2) is 4.98 Å². The summed E-state index contributed by atoms with van der Waals surface area (Å²) in [7, 11) is 1.66. The lowest BCUT2D eigenvalue weighted by molar-refractivity contribution is 0.321. The van der Waals surface area contributed by atoms with Crippen molar-refractivity contribution < 1.29 is 9.47 Å². The summed E-state index contributed by atoms with van der Waals surface area (Å²) in [4.78, 5) is 14.3. The van der Waals surface area contributed by atoms with Crippen molar-refractivity contribution in [1.82, 2.24) is 14.9 Å². The van der Waals surface area contributed by atoms with Crippen LogP contribution in [0.5, 0.6) is 17.4 Å². The summed E-state index contributed by atoms with van der Waals surface area (Å²) in [6.07, 6.45) is 2.52. The molecule has 1 fully saturated rings. The van der Waals surface area contributed by atoms with Crippen LogP contribution in [0, 0.1) is 13.8 Å². The van der Waals surface area contributed by atoms with Crippen LogP contribution in [0.3, 0.4) is 0 Å². The number of fused-ring (bicyclic) bond motifs is 1. The molecule has 0 atom stereocenters. The van der Waals surface area contributed by atoms with Crippen LogP contribution in [-0.4, -0.2) is 35.1 Å². The van der Waals surface area contributed by atoms with Gasteiger partial charge in [0.05, 0.1) is 19.0 Å². The molecule has 0 radical (unpaired) electrons. The Balaban J connectivity index is 1.71. The Morgan fingerprint density at radius 1 is 1.04 bits per heavy atom. The molecule has 1 aliphatic heterocycles. The third-order valence-corrected chi connectivity index (χ3v) is 5.98. The molecule has 0 bridgehead atoms. The van der Waals surface area contributed by atoms with E-state index in [0.29, 0.717) is 5.88 Å². The van der Waals surface area contributed by atoms with Crippen molar-refractivity contribution in [2.45, 2.75) is 33.2 Å². The molecular formula is C20H23N3O2S. The molecule has 1 aromatic carbocycles. The number of rotatable bonds is 5. The highest BCUT2D eigenvalue weighted by atomic mass is 32.1. The average molecular weight is 369 g/mol. The summed E-state index contributed by atoms with van der Waals surface area (Å²) in [5, 5.41) is 1.02. The highest BCUT2D eigenvalue weighted by molar-refractivity contribution is 7.18. The predicted octanol–water partition coefficient (Wildman–Crippen LogP) is 4.70. The van der Waals surface area contributed by atoms with Crippen LogP contribution >= 0.6 is 11.3 Å². The maximum absolute atomic E-state index is 6.17. The number of hydrogen-bond donors (Lipinski definition) is 0. The molecule has 136 valence electrons. The third-order valence-electron chi connectivity index (χ3n) is 4.88. The van der Waals surface area contributed by atoms with Gasteiger partial charge < -0.3 is 9.47 Å². The smallest absolute Gasteiger partial charge is 0.231 e. The fourth-order valence-electron chi connectivity index (χ4n) is 3.30. The predicted molar refractivity (Wildman–Crippen MR) is 104 cm³/mol. The maximum Gasteiger partial charge on any atom is 0.231 e. The number of nitrogens with zero attached hydrogens (tertiary/aromatic N) is 3. The molecule has 26 heavy (non-hydrogen) atoms. The van der Waals surface area contributed by atoms with Gasteiger partial charge in [-0.15, -0.1) is 11.3 Å². The number of methoxy groups -OCH3 is 1. The van der Waals surface area contributed by atoms with Crippen molar-refractivity contribution in [3.8, 4) is 17.4 Å². The van der Waals surface area contributed by atoms with Gasteiger partial charge in [0.15, 0.2) is 0 Å². The van der Waals surface area contributed by atoms with Gasteiger partial charge in [-0.2, -0.15) is 4.98 Å². The minimum Gasteiger partial charge on any atom is -0.497 e. The van der Waals surface area contributed by atoms with Crippen molar-refractivity contribution in [2.24, 2.45) is 0 Å². The maximum atomic E-state index is 6.17. The molecule has 0 N–H and O–H groups in total. The normalized spacial score (nSPS) is 14.9.